The number of thioether (sulfide) groups is 1. The first-order chi connectivity index (χ1) is 7.72. The zero-order valence-corrected chi connectivity index (χ0v) is 11.0. The Kier molecular flexibility index (Phi) is 6.37. The Balaban J connectivity index is 2.33. The molecular formula is C11H20N4S. The van der Waals surface area contributed by atoms with Gasteiger partial charge in [-0.1, -0.05) is 18.7 Å². The molecule has 90 valence electrons. The molecule has 0 atom stereocenters. The maximum Gasteiger partial charge on any atom is 0.187 e. The Labute approximate surface area is 102 Å². The van der Waals surface area contributed by atoms with E-state index in [9.17, 15) is 0 Å². The SMILES string of the molecule is CCNCc1cnc(SCCN(C)C)nc1. The Hall–Kier alpha value is -0.650. The molecule has 0 aromatic carbocycles. The molecule has 0 unspecified atom stereocenters. The highest BCUT2D eigenvalue weighted by molar-refractivity contribution is 7.99. The van der Waals surface area contributed by atoms with Gasteiger partial charge in [0.1, 0.15) is 0 Å². The smallest absolute Gasteiger partial charge is 0.187 e. The van der Waals surface area contributed by atoms with Gasteiger partial charge >= 0.3 is 0 Å². The fourth-order valence-electron chi connectivity index (χ4n) is 1.10. The highest BCUT2D eigenvalue weighted by atomic mass is 32.2. The third-order valence-corrected chi connectivity index (χ3v) is 2.89. The molecule has 1 aromatic heterocycles. The van der Waals surface area contributed by atoms with E-state index < -0.39 is 0 Å². The van der Waals surface area contributed by atoms with Crippen molar-refractivity contribution in [1.29, 1.82) is 0 Å². The molecule has 0 bridgehead atoms. The van der Waals surface area contributed by atoms with Gasteiger partial charge in [-0.25, -0.2) is 9.97 Å². The Bertz CT molecular complexity index is 287. The number of aromatic nitrogens is 2. The van der Waals surface area contributed by atoms with E-state index in [2.05, 4.69) is 41.2 Å². The van der Waals surface area contributed by atoms with Crippen molar-refractivity contribution in [3.05, 3.63) is 18.0 Å². The van der Waals surface area contributed by atoms with E-state index in [-0.39, 0.29) is 0 Å². The minimum Gasteiger partial charge on any atom is -0.313 e. The largest absolute Gasteiger partial charge is 0.313 e. The third kappa shape index (κ3) is 5.44. The summed E-state index contributed by atoms with van der Waals surface area (Å²) in [7, 11) is 4.14. The van der Waals surface area contributed by atoms with Crippen molar-refractivity contribution < 1.29 is 0 Å². The molecule has 0 spiro atoms. The summed E-state index contributed by atoms with van der Waals surface area (Å²) in [5, 5.41) is 4.11. The van der Waals surface area contributed by atoms with E-state index in [0.29, 0.717) is 0 Å². The molecule has 0 saturated carbocycles. The molecule has 1 heterocycles. The highest BCUT2D eigenvalue weighted by Crippen LogP contribution is 2.11. The van der Waals surface area contributed by atoms with Gasteiger partial charge in [0.2, 0.25) is 0 Å². The van der Waals surface area contributed by atoms with Crippen molar-refractivity contribution in [2.45, 2.75) is 18.6 Å². The molecule has 0 aliphatic rings. The van der Waals surface area contributed by atoms with Crippen molar-refractivity contribution in [1.82, 2.24) is 20.2 Å². The number of rotatable bonds is 7. The van der Waals surface area contributed by atoms with E-state index in [1.807, 2.05) is 12.4 Å². The summed E-state index contributed by atoms with van der Waals surface area (Å²) in [5.41, 5.74) is 1.14. The summed E-state index contributed by atoms with van der Waals surface area (Å²) in [4.78, 5) is 10.8. The summed E-state index contributed by atoms with van der Waals surface area (Å²) in [6.07, 6.45) is 3.79. The zero-order chi connectivity index (χ0) is 11.8. The zero-order valence-electron chi connectivity index (χ0n) is 10.2. The van der Waals surface area contributed by atoms with E-state index in [1.165, 1.54) is 0 Å². The van der Waals surface area contributed by atoms with Crippen molar-refractivity contribution >= 4 is 11.8 Å². The molecule has 0 radical (unpaired) electrons. The average molecular weight is 240 g/mol. The first-order valence-corrected chi connectivity index (χ1v) is 6.50. The van der Waals surface area contributed by atoms with Crippen LogP contribution in [0.5, 0.6) is 0 Å². The van der Waals surface area contributed by atoms with Crippen LogP contribution in [0.2, 0.25) is 0 Å². The van der Waals surface area contributed by atoms with Crippen LogP contribution >= 0.6 is 11.8 Å². The van der Waals surface area contributed by atoms with Crippen molar-refractivity contribution in [2.75, 3.05) is 32.9 Å². The number of hydrogen-bond acceptors (Lipinski definition) is 5. The van der Waals surface area contributed by atoms with E-state index in [1.54, 1.807) is 11.8 Å². The van der Waals surface area contributed by atoms with Crippen molar-refractivity contribution in [2.24, 2.45) is 0 Å². The molecule has 0 fully saturated rings. The van der Waals surface area contributed by atoms with Gasteiger partial charge in [-0.2, -0.15) is 0 Å². The lowest BCUT2D eigenvalue weighted by atomic mass is 10.3. The predicted octanol–water partition coefficient (Wildman–Crippen LogP) is 1.24. The van der Waals surface area contributed by atoms with Gasteiger partial charge < -0.3 is 10.2 Å². The van der Waals surface area contributed by atoms with Crippen LogP contribution in [0.1, 0.15) is 12.5 Å². The molecule has 0 saturated heterocycles. The summed E-state index contributed by atoms with van der Waals surface area (Å²) in [6.45, 7) is 4.96. The van der Waals surface area contributed by atoms with Crippen LogP contribution in [0.15, 0.2) is 17.6 Å². The molecule has 1 N–H and O–H groups in total. The Morgan fingerprint density at radius 1 is 1.31 bits per heavy atom. The predicted molar refractivity (Wildman–Crippen MR) is 68.7 cm³/mol. The second kappa shape index (κ2) is 7.60. The van der Waals surface area contributed by atoms with Crippen LogP contribution in [-0.4, -0.2) is 47.8 Å². The molecule has 4 nitrogen and oxygen atoms in total. The van der Waals surface area contributed by atoms with Crippen LogP contribution in [-0.2, 0) is 6.54 Å². The van der Waals surface area contributed by atoms with Crippen LogP contribution in [0.3, 0.4) is 0 Å². The maximum atomic E-state index is 4.32. The van der Waals surface area contributed by atoms with Gasteiger partial charge in [-0.05, 0) is 20.6 Å². The van der Waals surface area contributed by atoms with Crippen LogP contribution < -0.4 is 5.32 Å². The number of nitrogens with zero attached hydrogens (tertiary/aromatic N) is 3. The topological polar surface area (TPSA) is 41.1 Å². The highest BCUT2D eigenvalue weighted by Gasteiger charge is 1.99. The van der Waals surface area contributed by atoms with E-state index >= 15 is 0 Å². The normalized spacial score (nSPS) is 11.0. The minimum atomic E-state index is 0.846. The molecule has 1 aromatic rings. The third-order valence-electron chi connectivity index (χ3n) is 2.03. The molecule has 1 rings (SSSR count). The van der Waals surface area contributed by atoms with E-state index in [0.717, 1.165) is 36.1 Å². The Morgan fingerprint density at radius 2 is 2.00 bits per heavy atom. The fraction of sp³-hybridized carbons (Fsp3) is 0.636. The van der Waals surface area contributed by atoms with Gasteiger partial charge in [-0.15, -0.1) is 0 Å². The van der Waals surface area contributed by atoms with E-state index in [4.69, 9.17) is 0 Å². The molecule has 0 aliphatic heterocycles. The number of nitrogens with one attached hydrogen (secondary N) is 1. The lowest BCUT2D eigenvalue weighted by molar-refractivity contribution is 0.437. The van der Waals surface area contributed by atoms with Crippen molar-refractivity contribution in [3.8, 4) is 0 Å². The van der Waals surface area contributed by atoms with Crippen LogP contribution in [0.25, 0.3) is 0 Å². The second-order valence-electron chi connectivity index (χ2n) is 3.81. The quantitative estimate of drug-likeness (QED) is 0.573. The maximum absolute atomic E-state index is 4.32. The van der Waals surface area contributed by atoms with Gasteiger partial charge in [0, 0.05) is 36.8 Å². The van der Waals surface area contributed by atoms with Gasteiger partial charge in [0.05, 0.1) is 0 Å². The lowest BCUT2D eigenvalue weighted by Gasteiger charge is -2.07. The number of hydrogen-bond donors (Lipinski definition) is 1. The monoisotopic (exact) mass is 240 g/mol. The lowest BCUT2D eigenvalue weighted by Crippen LogP contribution is -2.15. The first-order valence-electron chi connectivity index (χ1n) is 5.51. The standard InChI is InChI=1S/C11H20N4S/c1-4-12-7-10-8-13-11(14-9-10)16-6-5-15(2)3/h8-9,12H,4-7H2,1-3H3. The average Bonchev–Trinajstić information content (AvgIpc) is 2.27. The minimum absolute atomic E-state index is 0.846. The molecule has 0 aliphatic carbocycles. The van der Waals surface area contributed by atoms with Gasteiger partial charge in [0.25, 0.3) is 0 Å². The van der Waals surface area contributed by atoms with Crippen LogP contribution in [0.4, 0.5) is 0 Å². The molecular weight excluding hydrogens is 220 g/mol. The molecule has 5 heteroatoms. The first kappa shape index (κ1) is 13.4. The molecule has 16 heavy (non-hydrogen) atoms. The second-order valence-corrected chi connectivity index (χ2v) is 4.87. The van der Waals surface area contributed by atoms with Gasteiger partial charge in [0.15, 0.2) is 5.16 Å². The summed E-state index contributed by atoms with van der Waals surface area (Å²) >= 11 is 1.70. The summed E-state index contributed by atoms with van der Waals surface area (Å²) < 4.78 is 0. The summed E-state index contributed by atoms with van der Waals surface area (Å²) in [6, 6.07) is 0. The fourth-order valence-corrected chi connectivity index (χ4v) is 1.99. The summed E-state index contributed by atoms with van der Waals surface area (Å²) in [5.74, 6) is 1.03. The Morgan fingerprint density at radius 3 is 2.56 bits per heavy atom. The van der Waals surface area contributed by atoms with Crippen LogP contribution in [0, 0.1) is 0 Å². The molecule has 0 amide bonds. The van der Waals surface area contributed by atoms with Gasteiger partial charge in [-0.3, -0.25) is 0 Å². The van der Waals surface area contributed by atoms with Crippen molar-refractivity contribution in [3.63, 3.8) is 0 Å².